The molecule has 0 bridgehead atoms. The number of anilines is 1. The highest BCUT2D eigenvalue weighted by Gasteiger charge is 2.23. The topological polar surface area (TPSA) is 78.5 Å². The zero-order valence-electron chi connectivity index (χ0n) is 17.7. The quantitative estimate of drug-likeness (QED) is 0.546. The Morgan fingerprint density at radius 2 is 1.91 bits per heavy atom. The molecule has 2 aromatic carbocycles. The number of halogens is 2. The number of hydrogen-bond donors (Lipinski definition) is 2. The van der Waals surface area contributed by atoms with Crippen molar-refractivity contribution in [3.05, 3.63) is 63.6 Å². The first-order chi connectivity index (χ1) is 15.4. The first kappa shape index (κ1) is 24.4. The first-order valence-corrected chi connectivity index (χ1v) is 12.5. The molecule has 1 fully saturated rings. The summed E-state index contributed by atoms with van der Waals surface area (Å²) in [5, 5.41) is 6.33. The highest BCUT2D eigenvalue weighted by Crippen LogP contribution is 2.22. The predicted octanol–water partition coefficient (Wildman–Crippen LogP) is 4.29. The SMILES string of the molecule is CSCCC(NC(=O)c1ccc(Cl)cc1Cl)C(=O)NCc1ccc(N2CCCC2=O)cc1. The van der Waals surface area contributed by atoms with Gasteiger partial charge in [-0.3, -0.25) is 14.4 Å². The molecule has 2 N–H and O–H groups in total. The van der Waals surface area contributed by atoms with Crippen molar-refractivity contribution < 1.29 is 14.4 Å². The molecule has 1 saturated heterocycles. The molecule has 0 radical (unpaired) electrons. The number of nitrogens with one attached hydrogen (secondary N) is 2. The van der Waals surface area contributed by atoms with Crippen LogP contribution in [-0.2, 0) is 16.1 Å². The molecular weight excluding hydrogens is 469 g/mol. The van der Waals surface area contributed by atoms with Crippen LogP contribution in [0, 0.1) is 0 Å². The fourth-order valence-corrected chi connectivity index (χ4v) is 4.41. The lowest BCUT2D eigenvalue weighted by Crippen LogP contribution is -2.47. The number of carbonyl (C=O) groups is 3. The Morgan fingerprint density at radius 1 is 1.16 bits per heavy atom. The molecule has 2 aromatic rings. The van der Waals surface area contributed by atoms with Crippen LogP contribution in [0.15, 0.2) is 42.5 Å². The summed E-state index contributed by atoms with van der Waals surface area (Å²) in [6.07, 6.45) is 3.89. The third-order valence-corrected chi connectivity index (χ3v) is 6.39. The Hall–Kier alpha value is -2.22. The van der Waals surface area contributed by atoms with Crippen molar-refractivity contribution in [1.29, 1.82) is 0 Å². The molecule has 1 heterocycles. The molecule has 0 aliphatic carbocycles. The summed E-state index contributed by atoms with van der Waals surface area (Å²) in [4.78, 5) is 39.1. The van der Waals surface area contributed by atoms with Crippen LogP contribution in [-0.4, -0.2) is 42.3 Å². The van der Waals surface area contributed by atoms with Crippen LogP contribution in [0.5, 0.6) is 0 Å². The van der Waals surface area contributed by atoms with Crippen molar-refractivity contribution in [1.82, 2.24) is 10.6 Å². The van der Waals surface area contributed by atoms with Crippen molar-refractivity contribution >= 4 is 58.4 Å². The summed E-state index contributed by atoms with van der Waals surface area (Å²) in [5.74, 6) is 0.161. The van der Waals surface area contributed by atoms with E-state index < -0.39 is 11.9 Å². The molecule has 3 amide bonds. The van der Waals surface area contributed by atoms with Gasteiger partial charge in [0.1, 0.15) is 6.04 Å². The molecular formula is C23H25Cl2N3O3S. The second kappa shape index (κ2) is 11.6. The summed E-state index contributed by atoms with van der Waals surface area (Å²) >= 11 is 13.6. The van der Waals surface area contributed by atoms with E-state index in [2.05, 4.69) is 10.6 Å². The van der Waals surface area contributed by atoms with E-state index in [4.69, 9.17) is 23.2 Å². The van der Waals surface area contributed by atoms with Crippen LogP contribution in [0.3, 0.4) is 0 Å². The summed E-state index contributed by atoms with van der Waals surface area (Å²) in [7, 11) is 0. The predicted molar refractivity (Wildman–Crippen MR) is 131 cm³/mol. The van der Waals surface area contributed by atoms with Gasteiger partial charge in [-0.05, 0) is 60.7 Å². The number of hydrogen-bond acceptors (Lipinski definition) is 4. The van der Waals surface area contributed by atoms with Crippen LogP contribution in [0.25, 0.3) is 0 Å². The fourth-order valence-electron chi connectivity index (χ4n) is 3.44. The maximum absolute atomic E-state index is 12.8. The molecule has 1 unspecified atom stereocenters. The molecule has 9 heteroatoms. The maximum atomic E-state index is 12.8. The van der Waals surface area contributed by atoms with Crippen LogP contribution in [0.1, 0.15) is 35.2 Å². The van der Waals surface area contributed by atoms with Gasteiger partial charge in [0.2, 0.25) is 11.8 Å². The zero-order valence-corrected chi connectivity index (χ0v) is 20.0. The molecule has 1 aliphatic rings. The van der Waals surface area contributed by atoms with Gasteiger partial charge in [-0.15, -0.1) is 0 Å². The second-order valence-corrected chi connectivity index (χ2v) is 9.29. The molecule has 6 nitrogen and oxygen atoms in total. The minimum atomic E-state index is -0.691. The van der Waals surface area contributed by atoms with Crippen LogP contribution in [0.2, 0.25) is 10.0 Å². The molecule has 0 saturated carbocycles. The standard InChI is InChI=1S/C23H25Cl2N3O3S/c1-32-12-10-20(27-22(30)18-9-6-16(24)13-19(18)25)23(31)26-14-15-4-7-17(8-5-15)28-11-2-3-21(28)29/h4-9,13,20H,2-3,10-12,14H2,1H3,(H,26,31)(H,27,30). The Bertz CT molecular complexity index is 985. The highest BCUT2D eigenvalue weighted by molar-refractivity contribution is 7.98. The van der Waals surface area contributed by atoms with E-state index in [0.29, 0.717) is 30.2 Å². The van der Waals surface area contributed by atoms with Gasteiger partial charge in [0.05, 0.1) is 10.6 Å². The summed E-state index contributed by atoms with van der Waals surface area (Å²) in [5.41, 5.74) is 2.04. The van der Waals surface area contributed by atoms with Gasteiger partial charge in [-0.2, -0.15) is 11.8 Å². The van der Waals surface area contributed by atoms with Crippen molar-refractivity contribution in [2.24, 2.45) is 0 Å². The zero-order chi connectivity index (χ0) is 23.1. The van der Waals surface area contributed by atoms with Crippen molar-refractivity contribution in [2.45, 2.75) is 31.8 Å². The molecule has 32 heavy (non-hydrogen) atoms. The van der Waals surface area contributed by atoms with Gasteiger partial charge in [0.15, 0.2) is 0 Å². The summed E-state index contributed by atoms with van der Waals surface area (Å²) < 4.78 is 0. The molecule has 3 rings (SSSR count). The molecule has 0 spiro atoms. The van der Waals surface area contributed by atoms with Crippen molar-refractivity contribution in [3.8, 4) is 0 Å². The van der Waals surface area contributed by atoms with E-state index >= 15 is 0 Å². The molecule has 0 aromatic heterocycles. The van der Waals surface area contributed by atoms with Crippen molar-refractivity contribution in [3.63, 3.8) is 0 Å². The van der Waals surface area contributed by atoms with Crippen LogP contribution >= 0.6 is 35.0 Å². The smallest absolute Gasteiger partial charge is 0.253 e. The lowest BCUT2D eigenvalue weighted by Gasteiger charge is -2.19. The summed E-state index contributed by atoms with van der Waals surface area (Å²) in [6.45, 7) is 1.06. The Morgan fingerprint density at radius 3 is 2.53 bits per heavy atom. The number of rotatable bonds is 9. The third kappa shape index (κ3) is 6.40. The maximum Gasteiger partial charge on any atom is 0.253 e. The minimum Gasteiger partial charge on any atom is -0.350 e. The van der Waals surface area contributed by atoms with E-state index in [0.717, 1.165) is 24.2 Å². The molecule has 1 aliphatic heterocycles. The first-order valence-electron chi connectivity index (χ1n) is 10.3. The van der Waals surface area contributed by atoms with E-state index in [-0.39, 0.29) is 22.4 Å². The van der Waals surface area contributed by atoms with Gasteiger partial charge in [-0.1, -0.05) is 35.3 Å². The second-order valence-electron chi connectivity index (χ2n) is 7.46. The third-order valence-electron chi connectivity index (χ3n) is 5.20. The van der Waals surface area contributed by atoms with Gasteiger partial charge in [0.25, 0.3) is 5.91 Å². The van der Waals surface area contributed by atoms with Gasteiger partial charge in [-0.25, -0.2) is 0 Å². The Labute approximate surface area is 202 Å². The minimum absolute atomic E-state index is 0.138. The number of carbonyl (C=O) groups excluding carboxylic acids is 3. The fraction of sp³-hybridized carbons (Fsp3) is 0.348. The van der Waals surface area contributed by atoms with Gasteiger partial charge < -0.3 is 15.5 Å². The largest absolute Gasteiger partial charge is 0.350 e. The lowest BCUT2D eigenvalue weighted by atomic mass is 10.1. The average Bonchev–Trinajstić information content (AvgIpc) is 3.21. The van der Waals surface area contributed by atoms with E-state index in [9.17, 15) is 14.4 Å². The van der Waals surface area contributed by atoms with Gasteiger partial charge in [0, 0.05) is 30.2 Å². The Kier molecular flexibility index (Phi) is 8.84. The number of benzene rings is 2. The number of nitrogens with zero attached hydrogens (tertiary/aromatic N) is 1. The molecule has 1 atom stereocenters. The summed E-state index contributed by atoms with van der Waals surface area (Å²) in [6, 6.07) is 11.5. The van der Waals surface area contributed by atoms with E-state index in [1.54, 1.807) is 22.7 Å². The Balaban J connectivity index is 1.60. The highest BCUT2D eigenvalue weighted by atomic mass is 35.5. The van der Waals surface area contributed by atoms with Gasteiger partial charge >= 0.3 is 0 Å². The van der Waals surface area contributed by atoms with Crippen molar-refractivity contribution in [2.75, 3.05) is 23.5 Å². The number of amides is 3. The van der Waals surface area contributed by atoms with Crippen LogP contribution in [0.4, 0.5) is 5.69 Å². The monoisotopic (exact) mass is 493 g/mol. The molecule has 170 valence electrons. The normalized spacial score (nSPS) is 14.3. The lowest BCUT2D eigenvalue weighted by molar-refractivity contribution is -0.123. The van der Waals surface area contributed by atoms with E-state index in [1.807, 2.05) is 30.5 Å². The van der Waals surface area contributed by atoms with Crippen LogP contribution < -0.4 is 15.5 Å². The number of thioether (sulfide) groups is 1. The average molecular weight is 494 g/mol. The van der Waals surface area contributed by atoms with E-state index in [1.165, 1.54) is 12.1 Å².